The van der Waals surface area contributed by atoms with Gasteiger partial charge < -0.3 is 0 Å². The first kappa shape index (κ1) is 18.4. The van der Waals surface area contributed by atoms with Gasteiger partial charge in [0, 0.05) is 28.6 Å². The van der Waals surface area contributed by atoms with E-state index in [-0.39, 0.29) is 0 Å². The Morgan fingerprint density at radius 1 is 0.742 bits per heavy atom. The number of hydrogen-bond donors (Lipinski definition) is 0. The van der Waals surface area contributed by atoms with E-state index in [4.69, 9.17) is 15.0 Å². The van der Waals surface area contributed by atoms with E-state index in [2.05, 4.69) is 43.3 Å². The molecule has 0 amide bonds. The zero-order valence-corrected chi connectivity index (χ0v) is 18.0. The molecule has 0 spiro atoms. The Bertz CT molecular complexity index is 1290. The Morgan fingerprint density at radius 3 is 2.35 bits per heavy atom. The molecule has 6 rings (SSSR count). The van der Waals surface area contributed by atoms with Crippen LogP contribution < -0.4 is 0 Å². The summed E-state index contributed by atoms with van der Waals surface area (Å²) in [5.41, 5.74) is 10.5. The fraction of sp³-hybridized carbons (Fsp3) is 0.250. The maximum absolute atomic E-state index is 4.86. The molecule has 2 unspecified atom stereocenters. The summed E-state index contributed by atoms with van der Waals surface area (Å²) < 4.78 is 0. The Balaban J connectivity index is 1.37. The number of hydrogen-bond acceptors (Lipinski definition) is 3. The van der Waals surface area contributed by atoms with Gasteiger partial charge in [-0.3, -0.25) is 4.98 Å². The van der Waals surface area contributed by atoms with Gasteiger partial charge in [-0.2, -0.15) is 0 Å². The van der Waals surface area contributed by atoms with Gasteiger partial charge in [0.25, 0.3) is 0 Å². The van der Waals surface area contributed by atoms with Gasteiger partial charge in [0.05, 0.1) is 11.4 Å². The number of aromatic nitrogens is 3. The lowest BCUT2D eigenvalue weighted by molar-refractivity contribution is 0.717. The van der Waals surface area contributed by atoms with Gasteiger partial charge in [0.1, 0.15) is 0 Å². The SMILES string of the molecule is Cc1cc(-c2ccccc2)nc(-c2cnc(-c3ccc4c(c3)C3CCC4C3)cc2C)n1. The van der Waals surface area contributed by atoms with Crippen molar-refractivity contribution in [2.24, 2.45) is 0 Å². The summed E-state index contributed by atoms with van der Waals surface area (Å²) in [7, 11) is 0. The topological polar surface area (TPSA) is 38.7 Å². The molecule has 152 valence electrons. The molecule has 4 aromatic rings. The average Bonchev–Trinajstić information content (AvgIpc) is 3.42. The van der Waals surface area contributed by atoms with E-state index in [1.54, 1.807) is 11.1 Å². The number of fused-ring (bicyclic) bond motifs is 5. The molecular weight excluding hydrogens is 378 g/mol. The Kier molecular flexibility index (Phi) is 4.24. The normalized spacial score (nSPS) is 18.9. The molecule has 31 heavy (non-hydrogen) atoms. The van der Waals surface area contributed by atoms with Crippen molar-refractivity contribution in [3.63, 3.8) is 0 Å². The van der Waals surface area contributed by atoms with Crippen LogP contribution >= 0.6 is 0 Å². The molecule has 0 aliphatic heterocycles. The van der Waals surface area contributed by atoms with Gasteiger partial charge in [-0.05, 0) is 79.8 Å². The molecule has 0 radical (unpaired) electrons. The second-order valence-electron chi connectivity index (χ2n) is 9.02. The molecule has 2 aliphatic rings. The van der Waals surface area contributed by atoms with Gasteiger partial charge in [0.2, 0.25) is 0 Å². The van der Waals surface area contributed by atoms with E-state index in [0.717, 1.165) is 51.4 Å². The first-order chi connectivity index (χ1) is 15.2. The van der Waals surface area contributed by atoms with Crippen LogP contribution in [0.2, 0.25) is 0 Å². The van der Waals surface area contributed by atoms with Gasteiger partial charge in [-0.15, -0.1) is 0 Å². The highest BCUT2D eigenvalue weighted by molar-refractivity contribution is 5.70. The smallest absolute Gasteiger partial charge is 0.161 e. The van der Waals surface area contributed by atoms with Crippen molar-refractivity contribution < 1.29 is 0 Å². The predicted octanol–water partition coefficient (Wildman–Crippen LogP) is 6.85. The number of nitrogens with zero attached hydrogens (tertiary/aromatic N) is 3. The van der Waals surface area contributed by atoms with Crippen molar-refractivity contribution in [2.45, 2.75) is 44.9 Å². The van der Waals surface area contributed by atoms with Gasteiger partial charge in [-0.1, -0.05) is 42.5 Å². The van der Waals surface area contributed by atoms with Crippen LogP contribution in [0.3, 0.4) is 0 Å². The molecule has 0 N–H and O–H groups in total. The Morgan fingerprint density at radius 2 is 1.55 bits per heavy atom. The predicted molar refractivity (Wildman–Crippen MR) is 125 cm³/mol. The van der Waals surface area contributed by atoms with Gasteiger partial charge >= 0.3 is 0 Å². The van der Waals surface area contributed by atoms with Crippen LogP contribution in [0.4, 0.5) is 0 Å². The maximum Gasteiger partial charge on any atom is 0.161 e. The molecular formula is C28H25N3. The first-order valence-electron chi connectivity index (χ1n) is 11.2. The standard InChI is InChI=1S/C28H25N3/c1-17-12-26(22-10-11-23-20-8-9-21(14-20)24(23)15-22)29-16-25(17)28-30-18(2)13-27(31-28)19-6-4-3-5-7-19/h3-7,10-13,15-16,20-21H,8-9,14H2,1-2H3. The summed E-state index contributed by atoms with van der Waals surface area (Å²) in [5.74, 6) is 2.29. The summed E-state index contributed by atoms with van der Waals surface area (Å²) in [5, 5.41) is 0. The molecule has 0 saturated heterocycles. The quantitative estimate of drug-likeness (QED) is 0.375. The maximum atomic E-state index is 4.86. The summed E-state index contributed by atoms with van der Waals surface area (Å²) in [6.07, 6.45) is 6.00. The zero-order valence-electron chi connectivity index (χ0n) is 18.0. The highest BCUT2D eigenvalue weighted by Crippen LogP contribution is 2.53. The third-order valence-corrected chi connectivity index (χ3v) is 6.97. The molecule has 2 atom stereocenters. The third kappa shape index (κ3) is 3.16. The minimum Gasteiger partial charge on any atom is -0.255 e. The van der Waals surface area contributed by atoms with Crippen molar-refractivity contribution in [1.82, 2.24) is 15.0 Å². The molecule has 2 heterocycles. The summed E-state index contributed by atoms with van der Waals surface area (Å²) in [6, 6.07) is 21.5. The van der Waals surface area contributed by atoms with Crippen LogP contribution in [0.25, 0.3) is 33.9 Å². The van der Waals surface area contributed by atoms with Crippen molar-refractivity contribution in [1.29, 1.82) is 0 Å². The van der Waals surface area contributed by atoms with Crippen molar-refractivity contribution in [2.75, 3.05) is 0 Å². The third-order valence-electron chi connectivity index (χ3n) is 6.97. The minimum atomic E-state index is 0.738. The van der Waals surface area contributed by atoms with E-state index >= 15 is 0 Å². The number of rotatable bonds is 3. The highest BCUT2D eigenvalue weighted by Gasteiger charge is 2.36. The molecule has 2 aromatic carbocycles. The largest absolute Gasteiger partial charge is 0.255 e. The number of benzene rings is 2. The summed E-state index contributed by atoms with van der Waals surface area (Å²) >= 11 is 0. The van der Waals surface area contributed by atoms with Crippen LogP contribution in [-0.4, -0.2) is 15.0 Å². The van der Waals surface area contributed by atoms with Crippen molar-refractivity contribution in [3.8, 4) is 33.9 Å². The summed E-state index contributed by atoms with van der Waals surface area (Å²) in [4.78, 5) is 14.4. The van der Waals surface area contributed by atoms with Crippen LogP contribution in [0.5, 0.6) is 0 Å². The summed E-state index contributed by atoms with van der Waals surface area (Å²) in [6.45, 7) is 4.15. The van der Waals surface area contributed by atoms with Crippen molar-refractivity contribution >= 4 is 0 Å². The molecule has 2 aliphatic carbocycles. The van der Waals surface area contributed by atoms with Crippen LogP contribution in [0, 0.1) is 13.8 Å². The molecule has 3 heteroatoms. The fourth-order valence-corrected chi connectivity index (χ4v) is 5.40. The van der Waals surface area contributed by atoms with E-state index in [1.165, 1.54) is 24.8 Å². The molecule has 1 saturated carbocycles. The minimum absolute atomic E-state index is 0.738. The lowest BCUT2D eigenvalue weighted by Gasteiger charge is -2.16. The monoisotopic (exact) mass is 403 g/mol. The lowest BCUT2D eigenvalue weighted by Crippen LogP contribution is -1.99. The van der Waals surface area contributed by atoms with E-state index in [1.807, 2.05) is 37.4 Å². The molecule has 2 aromatic heterocycles. The van der Waals surface area contributed by atoms with Crippen LogP contribution in [0.1, 0.15) is 53.5 Å². The second-order valence-corrected chi connectivity index (χ2v) is 9.02. The molecule has 1 fully saturated rings. The van der Waals surface area contributed by atoms with Gasteiger partial charge in [0.15, 0.2) is 5.82 Å². The Labute approximate surface area is 183 Å². The Hall–Kier alpha value is -3.33. The van der Waals surface area contributed by atoms with Crippen LogP contribution in [0.15, 0.2) is 66.9 Å². The van der Waals surface area contributed by atoms with Crippen LogP contribution in [-0.2, 0) is 0 Å². The lowest BCUT2D eigenvalue weighted by atomic mass is 9.89. The zero-order chi connectivity index (χ0) is 20.9. The van der Waals surface area contributed by atoms with E-state index in [0.29, 0.717) is 0 Å². The van der Waals surface area contributed by atoms with Crippen molar-refractivity contribution in [3.05, 3.63) is 89.2 Å². The molecule has 2 bridgehead atoms. The van der Waals surface area contributed by atoms with Gasteiger partial charge in [-0.25, -0.2) is 9.97 Å². The molecule has 3 nitrogen and oxygen atoms in total. The highest BCUT2D eigenvalue weighted by atomic mass is 14.9. The average molecular weight is 404 g/mol. The second kappa shape index (κ2) is 7.12. The van der Waals surface area contributed by atoms with E-state index in [9.17, 15) is 0 Å². The number of pyridine rings is 1. The fourth-order valence-electron chi connectivity index (χ4n) is 5.40. The number of aryl methyl sites for hydroxylation is 2. The first-order valence-corrected chi connectivity index (χ1v) is 11.2. The van der Waals surface area contributed by atoms with E-state index < -0.39 is 0 Å².